The second-order valence-electron chi connectivity index (χ2n) is 9.29. The summed E-state index contributed by atoms with van der Waals surface area (Å²) in [5.74, 6) is 1.13. The third-order valence-electron chi connectivity index (χ3n) is 7.31. The van der Waals surface area contributed by atoms with Crippen LogP contribution in [0.3, 0.4) is 0 Å². The Morgan fingerprint density at radius 2 is 1.52 bits per heavy atom. The number of benzene rings is 4. The van der Waals surface area contributed by atoms with Gasteiger partial charge in [-0.2, -0.15) is 0 Å². The highest BCUT2D eigenvalue weighted by Gasteiger charge is 2.35. The summed E-state index contributed by atoms with van der Waals surface area (Å²) in [7, 11) is 0. The molecule has 156 valence electrons. The molecule has 2 heterocycles. The Kier molecular flexibility index (Phi) is 4.05. The van der Waals surface area contributed by atoms with Crippen molar-refractivity contribution in [2.75, 3.05) is 0 Å². The number of hydrogen-bond acceptors (Lipinski definition) is 1. The highest BCUT2D eigenvalue weighted by molar-refractivity contribution is 6.99. The molecule has 1 aliphatic carbocycles. The maximum atomic E-state index is 6.51. The number of fused-ring (bicyclic) bond motifs is 7. The highest BCUT2D eigenvalue weighted by atomic mass is 16.3. The largest absolute Gasteiger partial charge is 0.460 e. The zero-order valence-corrected chi connectivity index (χ0v) is 18.6. The van der Waals surface area contributed by atoms with Crippen molar-refractivity contribution in [2.24, 2.45) is 0 Å². The summed E-state index contributed by atoms with van der Waals surface area (Å²) in [4.78, 5) is 0. The lowest BCUT2D eigenvalue weighted by atomic mass is 9.39. The first-order chi connectivity index (χ1) is 16.3. The van der Waals surface area contributed by atoms with Gasteiger partial charge in [-0.3, -0.25) is 0 Å². The van der Waals surface area contributed by atoms with Crippen LogP contribution in [-0.2, 0) is 6.42 Å². The van der Waals surface area contributed by atoms with E-state index in [4.69, 9.17) is 4.42 Å². The highest BCUT2D eigenvalue weighted by Crippen LogP contribution is 2.37. The Hall–Kier alpha value is -3.78. The lowest BCUT2D eigenvalue weighted by molar-refractivity contribution is 0.547. The van der Waals surface area contributed by atoms with Gasteiger partial charge in [0.25, 0.3) is 0 Å². The average Bonchev–Trinajstić information content (AvgIpc) is 3.40. The van der Waals surface area contributed by atoms with Crippen LogP contribution >= 0.6 is 0 Å². The van der Waals surface area contributed by atoms with Crippen molar-refractivity contribution in [3.8, 4) is 22.3 Å². The Bertz CT molecular complexity index is 1550. The molecule has 2 aliphatic rings. The van der Waals surface area contributed by atoms with Gasteiger partial charge in [-0.15, -0.1) is 0 Å². The molecule has 0 fully saturated rings. The fourth-order valence-corrected chi connectivity index (χ4v) is 5.66. The molecule has 1 aromatic heterocycles. The van der Waals surface area contributed by atoms with E-state index < -0.39 is 0 Å². The van der Waals surface area contributed by atoms with Crippen LogP contribution in [0.25, 0.3) is 39.3 Å². The van der Waals surface area contributed by atoms with E-state index in [1.807, 2.05) is 0 Å². The van der Waals surface area contributed by atoms with Crippen LogP contribution in [-0.4, -0.2) is 6.71 Å². The molecule has 0 unspecified atom stereocenters. The van der Waals surface area contributed by atoms with Gasteiger partial charge in [-0.1, -0.05) is 119 Å². The van der Waals surface area contributed by atoms with E-state index >= 15 is 0 Å². The van der Waals surface area contributed by atoms with E-state index in [0.717, 1.165) is 24.2 Å². The van der Waals surface area contributed by atoms with E-state index in [-0.39, 0.29) is 6.71 Å². The van der Waals surface area contributed by atoms with E-state index in [0.29, 0.717) is 0 Å². The molecular formula is C31H23BO. The van der Waals surface area contributed by atoms with Gasteiger partial charge in [0.1, 0.15) is 11.3 Å². The first-order valence-electron chi connectivity index (χ1n) is 11.8. The van der Waals surface area contributed by atoms with Crippen LogP contribution < -0.4 is 16.4 Å². The molecule has 7 rings (SSSR count). The SMILES string of the molecule is Cc1ccc(-c2ccc(B3c4ccccc4-c4c3ccc3c5c(oc43)CCC=C5)cc2)cc1. The topological polar surface area (TPSA) is 13.1 Å². The minimum Gasteiger partial charge on any atom is -0.460 e. The van der Waals surface area contributed by atoms with E-state index in [1.165, 1.54) is 55.2 Å². The number of hydrogen-bond donors (Lipinski definition) is 0. The Morgan fingerprint density at radius 1 is 0.758 bits per heavy atom. The quantitative estimate of drug-likeness (QED) is 0.319. The molecule has 0 saturated carbocycles. The maximum absolute atomic E-state index is 6.51. The molecule has 0 spiro atoms. The summed E-state index contributed by atoms with van der Waals surface area (Å²) >= 11 is 0. The smallest absolute Gasteiger partial charge is 0.242 e. The maximum Gasteiger partial charge on any atom is 0.242 e. The van der Waals surface area contributed by atoms with Crippen molar-refractivity contribution in [3.05, 3.63) is 108 Å². The van der Waals surface area contributed by atoms with Crippen LogP contribution in [0.4, 0.5) is 0 Å². The number of aryl methyl sites for hydroxylation is 2. The van der Waals surface area contributed by atoms with Crippen LogP contribution in [0.5, 0.6) is 0 Å². The molecule has 2 heteroatoms. The zero-order valence-electron chi connectivity index (χ0n) is 18.6. The third kappa shape index (κ3) is 2.80. The third-order valence-corrected chi connectivity index (χ3v) is 7.31. The molecule has 0 radical (unpaired) electrons. The van der Waals surface area contributed by atoms with Crippen molar-refractivity contribution >= 4 is 40.1 Å². The standard InChI is InChI=1S/C31H23BO/c1-20-10-12-21(13-11-20)22-14-16-23(17-15-22)32-27-8-4-2-7-26(27)30-28(32)19-18-25-24-6-3-5-9-29(24)33-31(25)30/h2-4,6-8,10-19H,5,9H2,1H3. The summed E-state index contributed by atoms with van der Waals surface area (Å²) in [5.41, 5.74) is 12.7. The fourth-order valence-electron chi connectivity index (χ4n) is 5.66. The molecule has 0 bridgehead atoms. The summed E-state index contributed by atoms with van der Waals surface area (Å²) < 4.78 is 6.51. The van der Waals surface area contributed by atoms with E-state index in [1.54, 1.807) is 0 Å². The van der Waals surface area contributed by atoms with Gasteiger partial charge in [0, 0.05) is 22.9 Å². The second kappa shape index (κ2) is 7.11. The normalized spacial score (nSPS) is 13.8. The summed E-state index contributed by atoms with van der Waals surface area (Å²) in [6, 6.07) is 31.3. The van der Waals surface area contributed by atoms with E-state index in [2.05, 4.69) is 104 Å². The molecule has 1 aliphatic heterocycles. The van der Waals surface area contributed by atoms with Crippen LogP contribution in [0, 0.1) is 6.92 Å². The number of furan rings is 1. The van der Waals surface area contributed by atoms with Gasteiger partial charge in [0.2, 0.25) is 6.71 Å². The molecular weight excluding hydrogens is 399 g/mol. The second-order valence-corrected chi connectivity index (χ2v) is 9.29. The first-order valence-corrected chi connectivity index (χ1v) is 11.8. The molecule has 33 heavy (non-hydrogen) atoms. The zero-order chi connectivity index (χ0) is 21.9. The molecule has 0 N–H and O–H groups in total. The van der Waals surface area contributed by atoms with Gasteiger partial charge in [0.05, 0.1) is 0 Å². The molecule has 1 nitrogen and oxygen atoms in total. The van der Waals surface area contributed by atoms with Gasteiger partial charge in [-0.05, 0) is 30.0 Å². The average molecular weight is 422 g/mol. The molecule has 0 atom stereocenters. The minimum atomic E-state index is 0.227. The molecule has 5 aromatic rings. The van der Waals surface area contributed by atoms with Crippen LogP contribution in [0.15, 0.2) is 95.4 Å². The monoisotopic (exact) mass is 422 g/mol. The van der Waals surface area contributed by atoms with Crippen molar-refractivity contribution in [1.82, 2.24) is 0 Å². The van der Waals surface area contributed by atoms with Crippen molar-refractivity contribution in [1.29, 1.82) is 0 Å². The van der Waals surface area contributed by atoms with Crippen molar-refractivity contribution in [2.45, 2.75) is 19.8 Å². The predicted molar refractivity (Wildman–Crippen MR) is 140 cm³/mol. The van der Waals surface area contributed by atoms with Gasteiger partial charge < -0.3 is 4.42 Å². The summed E-state index contributed by atoms with van der Waals surface area (Å²) in [6.07, 6.45) is 6.54. The van der Waals surface area contributed by atoms with Crippen LogP contribution in [0.1, 0.15) is 23.3 Å². The Labute approximate surface area is 194 Å². The molecule has 0 amide bonds. The van der Waals surface area contributed by atoms with Crippen molar-refractivity contribution in [3.63, 3.8) is 0 Å². The Balaban J connectivity index is 1.39. The van der Waals surface area contributed by atoms with Gasteiger partial charge in [0.15, 0.2) is 0 Å². The number of allylic oxidation sites excluding steroid dienone is 1. The van der Waals surface area contributed by atoms with Crippen molar-refractivity contribution < 1.29 is 4.42 Å². The van der Waals surface area contributed by atoms with E-state index in [9.17, 15) is 0 Å². The van der Waals surface area contributed by atoms with Gasteiger partial charge in [-0.25, -0.2) is 0 Å². The first kappa shape index (κ1) is 18.8. The van der Waals surface area contributed by atoms with Crippen LogP contribution in [0.2, 0.25) is 0 Å². The molecule has 0 saturated heterocycles. The predicted octanol–water partition coefficient (Wildman–Crippen LogP) is 5.86. The lowest BCUT2D eigenvalue weighted by Gasteiger charge is -2.12. The van der Waals surface area contributed by atoms with Gasteiger partial charge >= 0.3 is 0 Å². The lowest BCUT2D eigenvalue weighted by Crippen LogP contribution is -2.48. The fraction of sp³-hybridized carbons (Fsp3) is 0.0968. The minimum absolute atomic E-state index is 0.227. The number of rotatable bonds is 2. The molecule has 4 aromatic carbocycles. The summed E-state index contributed by atoms with van der Waals surface area (Å²) in [6.45, 7) is 2.36. The summed E-state index contributed by atoms with van der Waals surface area (Å²) in [5, 5.41) is 1.24. The Morgan fingerprint density at radius 3 is 2.33 bits per heavy atom.